The van der Waals surface area contributed by atoms with Gasteiger partial charge in [-0.2, -0.15) is 5.26 Å². The van der Waals surface area contributed by atoms with E-state index in [0.29, 0.717) is 21.3 Å². The van der Waals surface area contributed by atoms with Gasteiger partial charge in [-0.3, -0.25) is 4.79 Å². The van der Waals surface area contributed by atoms with E-state index in [1.807, 2.05) is 12.1 Å². The minimum Gasteiger partial charge on any atom is -0.352 e. The maximum atomic E-state index is 12.0. The molecule has 1 aliphatic heterocycles. The number of benzene rings is 1. The molecule has 2 atom stereocenters. The number of nitrogens with zero attached hydrogens (tertiary/aromatic N) is 1. The van der Waals surface area contributed by atoms with Crippen molar-refractivity contribution in [1.82, 2.24) is 5.32 Å². The summed E-state index contributed by atoms with van der Waals surface area (Å²) in [7, 11) is 0. The normalized spacial score (nSPS) is 22.2. The summed E-state index contributed by atoms with van der Waals surface area (Å²) in [6.07, 6.45) is 0. The summed E-state index contributed by atoms with van der Waals surface area (Å²) in [5.41, 5.74) is 2.19. The minimum absolute atomic E-state index is 0.0577. The van der Waals surface area contributed by atoms with Gasteiger partial charge in [0.2, 0.25) is 0 Å². The second kappa shape index (κ2) is 5.74. The van der Waals surface area contributed by atoms with Crippen molar-refractivity contribution in [2.75, 3.05) is 0 Å². The molecule has 0 radical (unpaired) electrons. The van der Waals surface area contributed by atoms with Crippen molar-refractivity contribution >= 4 is 34.6 Å². The lowest BCUT2D eigenvalue weighted by Gasteiger charge is -2.32. The van der Waals surface area contributed by atoms with Gasteiger partial charge in [-0.25, -0.2) is 0 Å². The molecule has 1 aliphatic rings. The van der Waals surface area contributed by atoms with Gasteiger partial charge in [0.25, 0.3) is 0 Å². The Morgan fingerprint density at radius 3 is 2.50 bits per heavy atom. The fourth-order valence-electron chi connectivity index (χ4n) is 2.53. The Bertz CT molecular complexity index is 643. The Balaban J connectivity index is 2.61. The quantitative estimate of drug-likeness (QED) is 0.851. The average Bonchev–Trinajstić information content (AvgIpc) is 2.38. The van der Waals surface area contributed by atoms with Crippen molar-refractivity contribution in [2.45, 2.75) is 19.8 Å². The zero-order valence-corrected chi connectivity index (χ0v) is 12.7. The number of allylic oxidation sites excluding steroid dienone is 2. The number of halogens is 1. The van der Waals surface area contributed by atoms with E-state index in [2.05, 4.69) is 11.4 Å². The van der Waals surface area contributed by atoms with Crippen molar-refractivity contribution in [3.05, 3.63) is 46.1 Å². The van der Waals surface area contributed by atoms with Crippen LogP contribution in [0.3, 0.4) is 0 Å². The van der Waals surface area contributed by atoms with Crippen LogP contribution in [0.2, 0.25) is 5.02 Å². The molecule has 0 saturated carbocycles. The summed E-state index contributed by atoms with van der Waals surface area (Å²) < 4.78 is 0. The molecule has 0 fully saturated rings. The SMILES string of the molecule is CC(=O)C1=C(C)NC(=S)[C@H](C#N)[C@@H]1c1ccc(Cl)cc1. The fraction of sp³-hybridized carbons (Fsp3) is 0.267. The predicted octanol–water partition coefficient (Wildman–Crippen LogP) is 3.36. The van der Waals surface area contributed by atoms with E-state index in [0.717, 1.165) is 5.56 Å². The van der Waals surface area contributed by atoms with Gasteiger partial charge in [0, 0.05) is 22.2 Å². The molecule has 102 valence electrons. The molecule has 0 bridgehead atoms. The third-order valence-corrected chi connectivity index (χ3v) is 4.00. The molecule has 1 aromatic carbocycles. The molecular formula is C15H13ClN2OS. The largest absolute Gasteiger partial charge is 0.352 e. The van der Waals surface area contributed by atoms with Crippen molar-refractivity contribution < 1.29 is 4.79 Å². The topological polar surface area (TPSA) is 52.9 Å². The van der Waals surface area contributed by atoms with Crippen molar-refractivity contribution in [2.24, 2.45) is 5.92 Å². The zero-order chi connectivity index (χ0) is 14.9. The number of thiocarbonyl (C=S) groups is 1. The molecule has 20 heavy (non-hydrogen) atoms. The van der Waals surface area contributed by atoms with Crippen molar-refractivity contribution in [1.29, 1.82) is 5.26 Å². The van der Waals surface area contributed by atoms with Crippen LogP contribution in [0.5, 0.6) is 0 Å². The Morgan fingerprint density at radius 1 is 1.40 bits per heavy atom. The Labute approximate surface area is 128 Å². The van der Waals surface area contributed by atoms with E-state index in [9.17, 15) is 10.1 Å². The number of hydrogen-bond donors (Lipinski definition) is 1. The van der Waals surface area contributed by atoms with Crippen LogP contribution in [0.15, 0.2) is 35.5 Å². The maximum Gasteiger partial charge on any atom is 0.158 e. The predicted molar refractivity (Wildman–Crippen MR) is 82.4 cm³/mol. The number of Topliss-reactive ketones (excluding diaryl/α,β-unsaturated/α-hetero) is 1. The van der Waals surface area contributed by atoms with Crippen LogP contribution in [0.1, 0.15) is 25.3 Å². The van der Waals surface area contributed by atoms with E-state index in [4.69, 9.17) is 23.8 Å². The Morgan fingerprint density at radius 2 is 2.00 bits per heavy atom. The highest BCUT2D eigenvalue weighted by atomic mass is 35.5. The summed E-state index contributed by atoms with van der Waals surface area (Å²) >= 11 is 11.1. The van der Waals surface area contributed by atoms with Crippen LogP contribution in [0, 0.1) is 17.2 Å². The smallest absolute Gasteiger partial charge is 0.158 e. The minimum atomic E-state index is -0.547. The van der Waals surface area contributed by atoms with E-state index in [-0.39, 0.29) is 11.7 Å². The molecule has 5 heteroatoms. The van der Waals surface area contributed by atoms with Crippen LogP contribution in [-0.4, -0.2) is 10.8 Å². The molecule has 1 aromatic rings. The lowest BCUT2D eigenvalue weighted by atomic mass is 9.76. The first-order valence-corrected chi connectivity index (χ1v) is 6.92. The number of carbonyl (C=O) groups is 1. The van der Waals surface area contributed by atoms with Crippen LogP contribution in [-0.2, 0) is 4.79 Å². The Hall–Kier alpha value is -1.70. The maximum absolute atomic E-state index is 12.0. The molecule has 1 heterocycles. The average molecular weight is 305 g/mol. The van der Waals surface area contributed by atoms with Gasteiger partial charge < -0.3 is 5.32 Å². The summed E-state index contributed by atoms with van der Waals surface area (Å²) in [6, 6.07) is 9.38. The number of carbonyl (C=O) groups excluding carboxylic acids is 1. The lowest BCUT2D eigenvalue weighted by Crippen LogP contribution is -2.39. The Kier molecular flexibility index (Phi) is 4.22. The lowest BCUT2D eigenvalue weighted by molar-refractivity contribution is -0.114. The number of nitriles is 1. The highest BCUT2D eigenvalue weighted by Gasteiger charge is 2.37. The van der Waals surface area contributed by atoms with E-state index in [1.165, 1.54) is 6.92 Å². The molecule has 0 saturated heterocycles. The second-order valence-corrected chi connectivity index (χ2v) is 5.60. The molecule has 0 aromatic heterocycles. The monoisotopic (exact) mass is 304 g/mol. The molecule has 0 spiro atoms. The standard InChI is InChI=1S/C15H13ClN2OS/c1-8-13(9(2)19)14(12(7-17)15(20)18-8)10-3-5-11(16)6-4-10/h3-6,12,14H,1-2H3,(H,18,20)/t12-,14+/m1/s1. The van der Waals surface area contributed by atoms with Gasteiger partial charge in [-0.05, 0) is 31.5 Å². The third-order valence-electron chi connectivity index (χ3n) is 3.39. The molecule has 3 nitrogen and oxygen atoms in total. The number of rotatable bonds is 2. The molecule has 0 aliphatic carbocycles. The van der Waals surface area contributed by atoms with Crippen molar-refractivity contribution in [3.8, 4) is 6.07 Å². The van der Waals surface area contributed by atoms with E-state index in [1.54, 1.807) is 19.1 Å². The highest BCUT2D eigenvalue weighted by Crippen LogP contribution is 2.37. The van der Waals surface area contributed by atoms with Crippen LogP contribution in [0.25, 0.3) is 0 Å². The third kappa shape index (κ3) is 2.60. The number of hydrogen-bond acceptors (Lipinski definition) is 3. The van der Waals surface area contributed by atoms with E-state index >= 15 is 0 Å². The van der Waals surface area contributed by atoms with Gasteiger partial charge in [0.05, 0.1) is 11.1 Å². The molecular weight excluding hydrogens is 292 g/mol. The first-order chi connectivity index (χ1) is 9.45. The van der Waals surface area contributed by atoms with Crippen molar-refractivity contribution in [3.63, 3.8) is 0 Å². The van der Waals surface area contributed by atoms with Crippen LogP contribution < -0.4 is 5.32 Å². The van der Waals surface area contributed by atoms with Gasteiger partial charge in [-0.15, -0.1) is 0 Å². The summed E-state index contributed by atoms with van der Waals surface area (Å²) in [5, 5.41) is 13.0. The van der Waals surface area contributed by atoms with Gasteiger partial charge in [0.15, 0.2) is 5.78 Å². The number of nitrogens with one attached hydrogen (secondary N) is 1. The molecule has 1 N–H and O–H groups in total. The van der Waals surface area contributed by atoms with Gasteiger partial charge >= 0.3 is 0 Å². The second-order valence-electron chi connectivity index (χ2n) is 4.72. The first-order valence-electron chi connectivity index (χ1n) is 6.13. The first kappa shape index (κ1) is 14.7. The molecule has 2 rings (SSSR count). The molecule has 0 amide bonds. The van der Waals surface area contributed by atoms with Gasteiger partial charge in [0.1, 0.15) is 5.92 Å². The molecule has 0 unspecified atom stereocenters. The van der Waals surface area contributed by atoms with E-state index < -0.39 is 5.92 Å². The summed E-state index contributed by atoms with van der Waals surface area (Å²) in [6.45, 7) is 3.31. The van der Waals surface area contributed by atoms with Gasteiger partial charge in [-0.1, -0.05) is 36.0 Å². The highest BCUT2D eigenvalue weighted by molar-refractivity contribution is 7.80. The van der Waals surface area contributed by atoms with Crippen LogP contribution >= 0.6 is 23.8 Å². The zero-order valence-electron chi connectivity index (χ0n) is 11.1. The summed E-state index contributed by atoms with van der Waals surface area (Å²) in [5.74, 6) is -0.949. The summed E-state index contributed by atoms with van der Waals surface area (Å²) in [4.78, 5) is 12.4. The van der Waals surface area contributed by atoms with Crippen LogP contribution in [0.4, 0.5) is 0 Å². The fourth-order valence-corrected chi connectivity index (χ4v) is 2.99. The number of ketones is 1.